The van der Waals surface area contributed by atoms with E-state index in [4.69, 9.17) is 0 Å². The molecule has 0 unspecified atom stereocenters. The standard InChI is InChI=1S/C19H15F3N2O3/c1-24(11-12-6-2-5-9-16(12)27-19(20,21)22)18(26)14-10-17(25)23-15-8-4-3-7-13(14)15/h2-10H,11H2,1H3,(H,23,25). The van der Waals surface area contributed by atoms with Crippen LogP contribution in [0.15, 0.2) is 59.4 Å². The SMILES string of the molecule is CN(Cc1ccccc1OC(F)(F)F)C(=O)c1cc(=O)[nH]c2ccccc12. The van der Waals surface area contributed by atoms with Crippen molar-refractivity contribution in [2.24, 2.45) is 0 Å². The molecule has 27 heavy (non-hydrogen) atoms. The van der Waals surface area contributed by atoms with Crippen LogP contribution in [-0.2, 0) is 6.54 Å². The molecule has 0 saturated carbocycles. The van der Waals surface area contributed by atoms with Crippen molar-refractivity contribution in [1.82, 2.24) is 9.88 Å². The number of carbonyl (C=O) groups excluding carboxylic acids is 1. The van der Waals surface area contributed by atoms with Crippen LogP contribution in [0.4, 0.5) is 13.2 Å². The van der Waals surface area contributed by atoms with E-state index >= 15 is 0 Å². The average molecular weight is 376 g/mol. The van der Waals surface area contributed by atoms with Gasteiger partial charge in [-0.05, 0) is 12.1 Å². The number of halogens is 3. The maximum atomic E-state index is 12.8. The summed E-state index contributed by atoms with van der Waals surface area (Å²) in [5, 5.41) is 0.550. The minimum Gasteiger partial charge on any atom is -0.405 e. The number of benzene rings is 2. The van der Waals surface area contributed by atoms with E-state index in [0.717, 1.165) is 0 Å². The number of ether oxygens (including phenoxy) is 1. The minimum atomic E-state index is -4.83. The zero-order valence-electron chi connectivity index (χ0n) is 14.2. The molecule has 8 heteroatoms. The van der Waals surface area contributed by atoms with Crippen LogP contribution in [0.25, 0.3) is 10.9 Å². The minimum absolute atomic E-state index is 0.119. The maximum Gasteiger partial charge on any atom is 0.573 e. The molecule has 1 heterocycles. The predicted octanol–water partition coefficient (Wildman–Crippen LogP) is 3.70. The van der Waals surface area contributed by atoms with Gasteiger partial charge in [0, 0.05) is 36.1 Å². The van der Waals surface area contributed by atoms with E-state index in [2.05, 4.69) is 9.72 Å². The van der Waals surface area contributed by atoms with Gasteiger partial charge in [-0.2, -0.15) is 0 Å². The van der Waals surface area contributed by atoms with E-state index in [9.17, 15) is 22.8 Å². The van der Waals surface area contributed by atoms with Crippen LogP contribution in [0.2, 0.25) is 0 Å². The summed E-state index contributed by atoms with van der Waals surface area (Å²) >= 11 is 0. The Kier molecular flexibility index (Phi) is 4.89. The molecule has 0 spiro atoms. The number of alkyl halides is 3. The van der Waals surface area contributed by atoms with Gasteiger partial charge >= 0.3 is 6.36 Å². The summed E-state index contributed by atoms with van der Waals surface area (Å²) in [6, 6.07) is 13.6. The Morgan fingerprint density at radius 1 is 1.11 bits per heavy atom. The van der Waals surface area contributed by atoms with Gasteiger partial charge in [0.15, 0.2) is 0 Å². The van der Waals surface area contributed by atoms with Crippen molar-refractivity contribution in [2.45, 2.75) is 12.9 Å². The third kappa shape index (κ3) is 4.28. The number of nitrogens with zero attached hydrogens (tertiary/aromatic N) is 1. The number of fused-ring (bicyclic) bond motifs is 1. The van der Waals surface area contributed by atoms with Gasteiger partial charge in [0.1, 0.15) is 5.75 Å². The van der Waals surface area contributed by atoms with Crippen molar-refractivity contribution in [2.75, 3.05) is 7.05 Å². The largest absolute Gasteiger partial charge is 0.573 e. The molecular formula is C19H15F3N2O3. The molecule has 0 atom stereocenters. The number of para-hydroxylation sites is 2. The highest BCUT2D eigenvalue weighted by molar-refractivity contribution is 6.05. The molecule has 0 radical (unpaired) electrons. The Morgan fingerprint density at radius 2 is 1.78 bits per heavy atom. The highest BCUT2D eigenvalue weighted by Gasteiger charge is 2.32. The summed E-state index contributed by atoms with van der Waals surface area (Å²) in [5.74, 6) is -0.862. The van der Waals surface area contributed by atoms with Gasteiger partial charge < -0.3 is 14.6 Å². The molecule has 0 aliphatic heterocycles. The number of aromatic amines is 1. The van der Waals surface area contributed by atoms with E-state index in [1.165, 1.54) is 36.2 Å². The van der Waals surface area contributed by atoms with E-state index in [-0.39, 0.29) is 23.4 Å². The fourth-order valence-electron chi connectivity index (χ4n) is 2.77. The molecule has 1 N–H and O–H groups in total. The normalized spacial score (nSPS) is 11.4. The maximum absolute atomic E-state index is 12.8. The highest BCUT2D eigenvalue weighted by atomic mass is 19.4. The molecule has 140 valence electrons. The number of amides is 1. The van der Waals surface area contributed by atoms with Crippen molar-refractivity contribution in [3.63, 3.8) is 0 Å². The second kappa shape index (κ2) is 7.14. The summed E-state index contributed by atoms with van der Waals surface area (Å²) in [6.45, 7) is -0.119. The van der Waals surface area contributed by atoms with E-state index < -0.39 is 17.8 Å². The third-order valence-corrected chi connectivity index (χ3v) is 3.93. The lowest BCUT2D eigenvalue weighted by Crippen LogP contribution is -2.28. The Balaban J connectivity index is 1.91. The van der Waals surface area contributed by atoms with Gasteiger partial charge in [-0.25, -0.2) is 0 Å². The number of aromatic nitrogens is 1. The van der Waals surface area contributed by atoms with Crippen molar-refractivity contribution in [3.8, 4) is 5.75 Å². The number of nitrogens with one attached hydrogen (secondary N) is 1. The first-order valence-corrected chi connectivity index (χ1v) is 7.96. The molecule has 2 aromatic carbocycles. The molecule has 1 amide bonds. The number of hydrogen-bond acceptors (Lipinski definition) is 3. The summed E-state index contributed by atoms with van der Waals surface area (Å²) < 4.78 is 41.7. The first kappa shape index (κ1) is 18.5. The first-order chi connectivity index (χ1) is 12.7. The van der Waals surface area contributed by atoms with Crippen LogP contribution < -0.4 is 10.3 Å². The fourth-order valence-corrected chi connectivity index (χ4v) is 2.77. The molecule has 0 aliphatic rings. The van der Waals surface area contributed by atoms with E-state index in [1.54, 1.807) is 30.3 Å². The summed E-state index contributed by atoms with van der Waals surface area (Å²) in [7, 11) is 1.45. The Bertz CT molecular complexity index is 1040. The van der Waals surface area contributed by atoms with Crippen LogP contribution in [0.3, 0.4) is 0 Å². The Labute approximate surface area is 152 Å². The number of H-pyrrole nitrogens is 1. The summed E-state index contributed by atoms with van der Waals surface area (Å²) in [4.78, 5) is 28.5. The topological polar surface area (TPSA) is 62.4 Å². The molecule has 0 aliphatic carbocycles. The van der Waals surface area contributed by atoms with Crippen LogP contribution in [-0.4, -0.2) is 29.2 Å². The molecule has 0 bridgehead atoms. The monoisotopic (exact) mass is 376 g/mol. The number of hydrogen-bond donors (Lipinski definition) is 1. The quantitative estimate of drug-likeness (QED) is 0.755. The van der Waals surface area contributed by atoms with Crippen molar-refractivity contribution >= 4 is 16.8 Å². The lowest BCUT2D eigenvalue weighted by atomic mass is 10.1. The predicted molar refractivity (Wildman–Crippen MR) is 93.5 cm³/mol. The Hall–Kier alpha value is -3.29. The molecule has 0 saturated heterocycles. The van der Waals surface area contributed by atoms with Crippen LogP contribution >= 0.6 is 0 Å². The van der Waals surface area contributed by atoms with Crippen molar-refractivity contribution in [1.29, 1.82) is 0 Å². The van der Waals surface area contributed by atoms with E-state index in [1.807, 2.05) is 0 Å². The van der Waals surface area contributed by atoms with Gasteiger partial charge in [-0.15, -0.1) is 13.2 Å². The van der Waals surface area contributed by atoms with Gasteiger partial charge in [-0.3, -0.25) is 9.59 Å². The van der Waals surface area contributed by atoms with Crippen molar-refractivity contribution < 1.29 is 22.7 Å². The zero-order chi connectivity index (χ0) is 19.6. The van der Waals surface area contributed by atoms with Gasteiger partial charge in [-0.1, -0.05) is 36.4 Å². The summed E-state index contributed by atoms with van der Waals surface area (Å²) in [5.41, 5.74) is 0.430. The molecule has 0 fully saturated rings. The smallest absolute Gasteiger partial charge is 0.405 e. The molecule has 5 nitrogen and oxygen atoms in total. The van der Waals surface area contributed by atoms with Gasteiger partial charge in [0.2, 0.25) is 5.56 Å². The number of pyridine rings is 1. The van der Waals surface area contributed by atoms with Gasteiger partial charge in [0.25, 0.3) is 5.91 Å². The molecule has 3 aromatic rings. The molecular weight excluding hydrogens is 361 g/mol. The number of rotatable bonds is 4. The molecule has 1 aromatic heterocycles. The first-order valence-electron chi connectivity index (χ1n) is 7.96. The summed E-state index contributed by atoms with van der Waals surface area (Å²) in [6.07, 6.45) is -4.83. The van der Waals surface area contributed by atoms with E-state index in [0.29, 0.717) is 10.9 Å². The highest BCUT2D eigenvalue weighted by Crippen LogP contribution is 2.27. The lowest BCUT2D eigenvalue weighted by molar-refractivity contribution is -0.275. The van der Waals surface area contributed by atoms with Crippen LogP contribution in [0, 0.1) is 0 Å². The van der Waals surface area contributed by atoms with Crippen molar-refractivity contribution in [3.05, 3.63) is 76.1 Å². The molecule has 3 rings (SSSR count). The number of carbonyl (C=O) groups is 1. The average Bonchev–Trinajstić information content (AvgIpc) is 2.60. The zero-order valence-corrected chi connectivity index (χ0v) is 14.2. The fraction of sp³-hybridized carbons (Fsp3) is 0.158. The van der Waals surface area contributed by atoms with Crippen LogP contribution in [0.5, 0.6) is 5.75 Å². The third-order valence-electron chi connectivity index (χ3n) is 3.93. The lowest BCUT2D eigenvalue weighted by Gasteiger charge is -2.20. The van der Waals surface area contributed by atoms with Crippen LogP contribution in [0.1, 0.15) is 15.9 Å². The Morgan fingerprint density at radius 3 is 2.52 bits per heavy atom. The van der Waals surface area contributed by atoms with Gasteiger partial charge in [0.05, 0.1) is 5.56 Å². The second-order valence-corrected chi connectivity index (χ2v) is 5.91. The second-order valence-electron chi connectivity index (χ2n) is 5.91.